The average molecular weight is 279 g/mol. The lowest BCUT2D eigenvalue weighted by Gasteiger charge is -2.30. The van der Waals surface area contributed by atoms with Gasteiger partial charge in [-0.05, 0) is 69.1 Å². The minimum atomic E-state index is -0.312. The Bertz CT molecular complexity index is 425. The van der Waals surface area contributed by atoms with E-state index in [0.29, 0.717) is 17.9 Å². The molecule has 1 aromatic carbocycles. The molecule has 110 valence electrons. The molecule has 1 aromatic rings. The van der Waals surface area contributed by atoms with Crippen molar-refractivity contribution < 1.29 is 14.3 Å². The Balaban J connectivity index is 1.68. The van der Waals surface area contributed by atoms with Crippen LogP contribution in [-0.2, 0) is 0 Å². The second-order valence-corrected chi connectivity index (χ2v) is 5.50. The summed E-state index contributed by atoms with van der Waals surface area (Å²) in [5, 5.41) is 9.08. The summed E-state index contributed by atoms with van der Waals surface area (Å²) >= 11 is 0. The summed E-state index contributed by atoms with van der Waals surface area (Å²) in [4.78, 5) is 14.3. The number of benzene rings is 1. The van der Waals surface area contributed by atoms with Gasteiger partial charge in [-0.15, -0.1) is 0 Å². The molecule has 0 spiro atoms. The molecule has 0 atom stereocenters. The number of rotatable bonds is 6. The van der Waals surface area contributed by atoms with E-state index in [1.54, 1.807) is 12.1 Å². The Morgan fingerprint density at radius 1 is 1.25 bits per heavy atom. The summed E-state index contributed by atoms with van der Waals surface area (Å²) in [7, 11) is 0. The Morgan fingerprint density at radius 2 is 1.90 bits per heavy atom. The molecular formula is C16H22FNO2. The highest BCUT2D eigenvalue weighted by Crippen LogP contribution is 2.17. The maximum Gasteiger partial charge on any atom is 0.162 e. The van der Waals surface area contributed by atoms with Crippen molar-refractivity contribution in [3.63, 3.8) is 0 Å². The second kappa shape index (κ2) is 7.50. The molecule has 1 N–H and O–H groups in total. The zero-order chi connectivity index (χ0) is 14.4. The summed E-state index contributed by atoms with van der Waals surface area (Å²) in [6.07, 6.45) is 3.43. The zero-order valence-electron chi connectivity index (χ0n) is 11.7. The van der Waals surface area contributed by atoms with E-state index in [-0.39, 0.29) is 18.2 Å². The monoisotopic (exact) mass is 279 g/mol. The fourth-order valence-corrected chi connectivity index (χ4v) is 2.64. The molecule has 0 amide bonds. The van der Waals surface area contributed by atoms with E-state index in [1.165, 1.54) is 12.1 Å². The molecule has 0 saturated carbocycles. The first-order valence-electron chi connectivity index (χ1n) is 7.31. The molecular weight excluding hydrogens is 257 g/mol. The predicted octanol–water partition coefficient (Wildman–Crippen LogP) is 2.49. The molecule has 1 fully saturated rings. The smallest absolute Gasteiger partial charge is 0.162 e. The maximum atomic E-state index is 12.8. The van der Waals surface area contributed by atoms with Crippen LogP contribution >= 0.6 is 0 Å². The van der Waals surface area contributed by atoms with Crippen LogP contribution in [0.1, 0.15) is 36.0 Å². The van der Waals surface area contributed by atoms with Crippen LogP contribution in [0.25, 0.3) is 0 Å². The van der Waals surface area contributed by atoms with E-state index in [2.05, 4.69) is 4.90 Å². The van der Waals surface area contributed by atoms with Crippen molar-refractivity contribution in [2.45, 2.75) is 25.7 Å². The number of nitrogens with zero attached hydrogens (tertiary/aromatic N) is 1. The lowest BCUT2D eigenvalue weighted by atomic mass is 9.97. The van der Waals surface area contributed by atoms with Crippen LogP contribution in [0.5, 0.6) is 0 Å². The minimum absolute atomic E-state index is 0.0789. The van der Waals surface area contributed by atoms with Gasteiger partial charge in [-0.1, -0.05) is 0 Å². The van der Waals surface area contributed by atoms with Crippen molar-refractivity contribution in [2.24, 2.45) is 5.92 Å². The van der Waals surface area contributed by atoms with Crippen LogP contribution in [0.3, 0.4) is 0 Å². The van der Waals surface area contributed by atoms with Gasteiger partial charge < -0.3 is 10.0 Å². The first-order valence-corrected chi connectivity index (χ1v) is 7.31. The predicted molar refractivity (Wildman–Crippen MR) is 76.2 cm³/mol. The van der Waals surface area contributed by atoms with Crippen molar-refractivity contribution in [3.8, 4) is 0 Å². The molecule has 0 bridgehead atoms. The molecule has 0 aliphatic carbocycles. The van der Waals surface area contributed by atoms with Crippen LogP contribution in [0, 0.1) is 11.7 Å². The Morgan fingerprint density at radius 3 is 2.50 bits per heavy atom. The highest BCUT2D eigenvalue weighted by Gasteiger charge is 2.18. The SMILES string of the molecule is O=C(CCCN1CCC(CO)CC1)c1ccc(F)cc1. The normalized spacial score (nSPS) is 17.3. The zero-order valence-corrected chi connectivity index (χ0v) is 11.7. The molecule has 0 radical (unpaired) electrons. The lowest BCUT2D eigenvalue weighted by molar-refractivity contribution is 0.0964. The van der Waals surface area contributed by atoms with Gasteiger partial charge in [-0.3, -0.25) is 4.79 Å². The Hall–Kier alpha value is -1.26. The van der Waals surface area contributed by atoms with Gasteiger partial charge in [0, 0.05) is 18.6 Å². The van der Waals surface area contributed by atoms with E-state index < -0.39 is 0 Å². The molecule has 0 aromatic heterocycles. The number of hydrogen-bond donors (Lipinski definition) is 1. The van der Waals surface area contributed by atoms with Crippen molar-refractivity contribution in [3.05, 3.63) is 35.6 Å². The largest absolute Gasteiger partial charge is 0.396 e. The summed E-state index contributed by atoms with van der Waals surface area (Å²) in [6, 6.07) is 5.74. The molecule has 2 rings (SSSR count). The van der Waals surface area contributed by atoms with Gasteiger partial charge >= 0.3 is 0 Å². The molecule has 1 aliphatic heterocycles. The number of aliphatic hydroxyl groups excluding tert-OH is 1. The van der Waals surface area contributed by atoms with E-state index in [1.807, 2.05) is 0 Å². The van der Waals surface area contributed by atoms with Crippen molar-refractivity contribution in [1.29, 1.82) is 0 Å². The second-order valence-electron chi connectivity index (χ2n) is 5.50. The van der Waals surface area contributed by atoms with Gasteiger partial charge in [0.25, 0.3) is 0 Å². The van der Waals surface area contributed by atoms with Gasteiger partial charge in [-0.2, -0.15) is 0 Å². The standard InChI is InChI=1S/C16H22FNO2/c17-15-5-3-14(4-6-15)16(20)2-1-9-18-10-7-13(12-19)8-11-18/h3-6,13,19H,1-2,7-12H2. The van der Waals surface area contributed by atoms with Crippen molar-refractivity contribution >= 4 is 5.78 Å². The number of halogens is 1. The summed E-state index contributed by atoms with van der Waals surface area (Å²) in [5.74, 6) is 0.218. The van der Waals surface area contributed by atoms with Gasteiger partial charge in [0.15, 0.2) is 5.78 Å². The fraction of sp³-hybridized carbons (Fsp3) is 0.562. The number of piperidine rings is 1. The number of hydrogen-bond acceptors (Lipinski definition) is 3. The highest BCUT2D eigenvalue weighted by molar-refractivity contribution is 5.95. The van der Waals surface area contributed by atoms with Gasteiger partial charge in [0.05, 0.1) is 0 Å². The third-order valence-corrected chi connectivity index (χ3v) is 4.01. The number of likely N-dealkylation sites (tertiary alicyclic amines) is 1. The van der Waals surface area contributed by atoms with Gasteiger partial charge in [0.1, 0.15) is 5.82 Å². The molecule has 0 unspecified atom stereocenters. The third kappa shape index (κ3) is 4.39. The van der Waals surface area contributed by atoms with E-state index in [4.69, 9.17) is 5.11 Å². The van der Waals surface area contributed by atoms with Gasteiger partial charge in [-0.25, -0.2) is 4.39 Å². The maximum absolute atomic E-state index is 12.8. The molecule has 4 heteroatoms. The molecule has 1 aliphatic rings. The summed E-state index contributed by atoms with van der Waals surface area (Å²) in [5.41, 5.74) is 0.588. The minimum Gasteiger partial charge on any atom is -0.396 e. The number of carbonyl (C=O) groups is 1. The average Bonchev–Trinajstić information content (AvgIpc) is 2.48. The van der Waals surface area contributed by atoms with Crippen LogP contribution < -0.4 is 0 Å². The summed E-state index contributed by atoms with van der Waals surface area (Å²) < 4.78 is 12.8. The van der Waals surface area contributed by atoms with E-state index >= 15 is 0 Å². The highest BCUT2D eigenvalue weighted by atomic mass is 19.1. The van der Waals surface area contributed by atoms with Crippen LogP contribution in [0.15, 0.2) is 24.3 Å². The topological polar surface area (TPSA) is 40.5 Å². The number of Topliss-reactive ketones (excluding diaryl/α,β-unsaturated/α-hetero) is 1. The number of carbonyl (C=O) groups excluding carboxylic acids is 1. The molecule has 1 heterocycles. The lowest BCUT2D eigenvalue weighted by Crippen LogP contribution is -2.35. The fourth-order valence-electron chi connectivity index (χ4n) is 2.64. The van der Waals surface area contributed by atoms with Crippen molar-refractivity contribution in [2.75, 3.05) is 26.2 Å². The molecule has 20 heavy (non-hydrogen) atoms. The van der Waals surface area contributed by atoms with E-state index in [0.717, 1.165) is 38.9 Å². The molecule has 3 nitrogen and oxygen atoms in total. The van der Waals surface area contributed by atoms with Crippen LogP contribution in [-0.4, -0.2) is 42.0 Å². The Kier molecular flexibility index (Phi) is 5.68. The van der Waals surface area contributed by atoms with E-state index in [9.17, 15) is 9.18 Å². The molecule has 1 saturated heterocycles. The number of ketones is 1. The van der Waals surface area contributed by atoms with Crippen molar-refractivity contribution in [1.82, 2.24) is 4.90 Å². The first-order chi connectivity index (χ1) is 9.69. The number of aliphatic hydroxyl groups is 1. The van der Waals surface area contributed by atoms with Gasteiger partial charge in [0.2, 0.25) is 0 Å². The quantitative estimate of drug-likeness (QED) is 0.813. The van der Waals surface area contributed by atoms with Crippen LogP contribution in [0.2, 0.25) is 0 Å². The first kappa shape index (κ1) is 15.1. The Labute approximate surface area is 119 Å². The van der Waals surface area contributed by atoms with Crippen LogP contribution in [0.4, 0.5) is 4.39 Å². The summed E-state index contributed by atoms with van der Waals surface area (Å²) in [6.45, 7) is 3.23. The third-order valence-electron chi connectivity index (χ3n) is 4.01.